The summed E-state index contributed by atoms with van der Waals surface area (Å²) >= 11 is 6.11. The molecule has 0 fully saturated rings. The molecule has 23 heavy (non-hydrogen) atoms. The van der Waals surface area contributed by atoms with E-state index in [9.17, 15) is 9.59 Å². The molecular formula is C16H14ClN3O3. The second kappa shape index (κ2) is 6.28. The van der Waals surface area contributed by atoms with Crippen LogP contribution in [0.4, 0.5) is 5.69 Å². The summed E-state index contributed by atoms with van der Waals surface area (Å²) in [6.45, 7) is 0.0457. The lowest BCUT2D eigenvalue weighted by molar-refractivity contribution is -0.127. The van der Waals surface area contributed by atoms with E-state index in [1.165, 1.54) is 4.90 Å². The van der Waals surface area contributed by atoms with Gasteiger partial charge in [-0.05, 0) is 24.3 Å². The molecule has 118 valence electrons. The van der Waals surface area contributed by atoms with Crippen LogP contribution in [0, 0.1) is 0 Å². The molecule has 0 bridgehead atoms. The number of carbonyl (C=O) groups excluding carboxylic acids is 2. The van der Waals surface area contributed by atoms with Crippen LogP contribution < -0.4 is 20.9 Å². The number of fused-ring (bicyclic) bond motifs is 1. The summed E-state index contributed by atoms with van der Waals surface area (Å²) in [5.74, 6) is 4.81. The first-order valence-corrected chi connectivity index (χ1v) is 7.32. The van der Waals surface area contributed by atoms with Gasteiger partial charge in [0, 0.05) is 0 Å². The molecule has 1 heterocycles. The van der Waals surface area contributed by atoms with Crippen molar-refractivity contribution in [1.29, 1.82) is 0 Å². The number of halogens is 1. The zero-order valence-electron chi connectivity index (χ0n) is 12.0. The summed E-state index contributed by atoms with van der Waals surface area (Å²) < 4.78 is 5.61. The Morgan fingerprint density at radius 1 is 1.17 bits per heavy atom. The highest BCUT2D eigenvalue weighted by atomic mass is 35.5. The highest BCUT2D eigenvalue weighted by Crippen LogP contribution is 2.34. The fourth-order valence-electron chi connectivity index (χ4n) is 2.44. The first kappa shape index (κ1) is 15.3. The number of ether oxygens (including phenoxy) is 1. The molecule has 6 nitrogen and oxygen atoms in total. The number of benzene rings is 2. The summed E-state index contributed by atoms with van der Waals surface area (Å²) in [7, 11) is 0. The van der Waals surface area contributed by atoms with Crippen LogP contribution >= 0.6 is 11.6 Å². The van der Waals surface area contributed by atoms with Crippen LogP contribution in [0.5, 0.6) is 5.75 Å². The van der Waals surface area contributed by atoms with Crippen LogP contribution in [0.15, 0.2) is 48.5 Å². The zero-order valence-corrected chi connectivity index (χ0v) is 12.8. The fraction of sp³-hybridized carbons (Fsp3) is 0.125. The van der Waals surface area contributed by atoms with Crippen molar-refractivity contribution in [3.05, 3.63) is 59.1 Å². The number of amides is 2. The molecule has 0 aliphatic carbocycles. The average molecular weight is 332 g/mol. The number of nitrogens with zero attached hydrogens (tertiary/aromatic N) is 1. The summed E-state index contributed by atoms with van der Waals surface area (Å²) in [5.41, 5.74) is 2.99. The summed E-state index contributed by atoms with van der Waals surface area (Å²) in [6.07, 6.45) is -0.888. The molecule has 0 spiro atoms. The van der Waals surface area contributed by atoms with Gasteiger partial charge in [-0.1, -0.05) is 35.9 Å². The number of hydrazine groups is 1. The number of carbonyl (C=O) groups is 2. The molecule has 3 rings (SSSR count). The Morgan fingerprint density at radius 3 is 2.61 bits per heavy atom. The highest BCUT2D eigenvalue weighted by molar-refractivity contribution is 6.34. The van der Waals surface area contributed by atoms with E-state index in [0.717, 1.165) is 0 Å². The van der Waals surface area contributed by atoms with Crippen LogP contribution in [-0.2, 0) is 4.79 Å². The Bertz CT molecular complexity index is 766. The molecule has 0 radical (unpaired) electrons. The molecule has 7 heteroatoms. The maximum Gasteiger partial charge on any atom is 0.276 e. The van der Waals surface area contributed by atoms with Crippen LogP contribution in [-0.4, -0.2) is 24.5 Å². The van der Waals surface area contributed by atoms with Gasteiger partial charge in [-0.3, -0.25) is 15.0 Å². The van der Waals surface area contributed by atoms with Crippen LogP contribution in [0.2, 0.25) is 5.02 Å². The molecule has 2 amide bonds. The molecule has 0 saturated carbocycles. The largest absolute Gasteiger partial charge is 0.476 e. The first-order chi connectivity index (χ1) is 11.1. The van der Waals surface area contributed by atoms with Gasteiger partial charge in [0.15, 0.2) is 6.10 Å². The maximum atomic E-state index is 12.9. The van der Waals surface area contributed by atoms with Gasteiger partial charge in [0.2, 0.25) is 0 Å². The quantitative estimate of drug-likeness (QED) is 0.498. The minimum Gasteiger partial charge on any atom is -0.476 e. The summed E-state index contributed by atoms with van der Waals surface area (Å²) in [4.78, 5) is 26.2. The van der Waals surface area contributed by atoms with Gasteiger partial charge in [-0.15, -0.1) is 0 Å². The first-order valence-electron chi connectivity index (χ1n) is 6.94. The van der Waals surface area contributed by atoms with Gasteiger partial charge < -0.3 is 9.64 Å². The monoisotopic (exact) mass is 331 g/mol. The molecule has 3 N–H and O–H groups in total. The van der Waals surface area contributed by atoms with E-state index in [1.807, 2.05) is 5.43 Å². The second-order valence-corrected chi connectivity index (χ2v) is 5.39. The minimum atomic E-state index is -0.888. The standard InChI is InChI=1S/C16H14ClN3O3/c17-11-6-2-1-5-10(11)16(22)20-9-14(15(21)19-18)23-13-8-4-3-7-12(13)20/h1-8,14H,9,18H2,(H,19,21). The summed E-state index contributed by atoms with van der Waals surface area (Å²) in [5, 5.41) is 0.348. The number of hydrogen-bond donors (Lipinski definition) is 2. The molecule has 1 unspecified atom stereocenters. The van der Waals surface area contributed by atoms with E-state index in [4.69, 9.17) is 22.2 Å². The number of para-hydroxylation sites is 2. The van der Waals surface area contributed by atoms with Gasteiger partial charge in [0.05, 0.1) is 22.8 Å². The number of anilines is 1. The van der Waals surface area contributed by atoms with Crippen molar-refractivity contribution in [2.75, 3.05) is 11.4 Å². The third-order valence-electron chi connectivity index (χ3n) is 3.56. The van der Waals surface area contributed by atoms with Crippen molar-refractivity contribution in [1.82, 2.24) is 5.43 Å². The Morgan fingerprint density at radius 2 is 1.87 bits per heavy atom. The molecule has 0 saturated heterocycles. The van der Waals surface area contributed by atoms with Gasteiger partial charge in [-0.25, -0.2) is 5.84 Å². The second-order valence-electron chi connectivity index (χ2n) is 4.98. The van der Waals surface area contributed by atoms with Gasteiger partial charge >= 0.3 is 0 Å². The Balaban J connectivity index is 2.01. The molecule has 1 aliphatic heterocycles. The Kier molecular flexibility index (Phi) is 4.18. The van der Waals surface area contributed by atoms with Crippen LogP contribution in [0.25, 0.3) is 0 Å². The normalized spacial score (nSPS) is 16.3. The predicted molar refractivity (Wildman–Crippen MR) is 86.3 cm³/mol. The average Bonchev–Trinajstić information content (AvgIpc) is 2.60. The van der Waals surface area contributed by atoms with Crippen LogP contribution in [0.3, 0.4) is 0 Å². The molecule has 2 aromatic carbocycles. The molecule has 2 aromatic rings. The van der Waals surface area contributed by atoms with E-state index >= 15 is 0 Å². The van der Waals surface area contributed by atoms with Crippen molar-refractivity contribution < 1.29 is 14.3 Å². The lowest BCUT2D eigenvalue weighted by Gasteiger charge is -2.34. The van der Waals surface area contributed by atoms with Crippen molar-refractivity contribution in [3.8, 4) is 5.75 Å². The topological polar surface area (TPSA) is 84.7 Å². The van der Waals surface area contributed by atoms with Gasteiger partial charge in [0.1, 0.15) is 5.75 Å². The smallest absolute Gasteiger partial charge is 0.276 e. The number of nitrogens with one attached hydrogen (secondary N) is 1. The number of nitrogens with two attached hydrogens (primary N) is 1. The van der Waals surface area contributed by atoms with Gasteiger partial charge in [-0.2, -0.15) is 0 Å². The Labute approximate surface area is 137 Å². The number of hydrogen-bond acceptors (Lipinski definition) is 4. The summed E-state index contributed by atoms with van der Waals surface area (Å²) in [6, 6.07) is 13.8. The van der Waals surface area contributed by atoms with E-state index in [1.54, 1.807) is 48.5 Å². The van der Waals surface area contributed by atoms with Gasteiger partial charge in [0.25, 0.3) is 11.8 Å². The zero-order chi connectivity index (χ0) is 16.4. The fourth-order valence-corrected chi connectivity index (χ4v) is 2.65. The lowest BCUT2D eigenvalue weighted by Crippen LogP contribution is -2.52. The van der Waals surface area contributed by atoms with E-state index < -0.39 is 12.0 Å². The van der Waals surface area contributed by atoms with Crippen molar-refractivity contribution in [2.24, 2.45) is 5.84 Å². The van der Waals surface area contributed by atoms with E-state index in [0.29, 0.717) is 22.0 Å². The van der Waals surface area contributed by atoms with Crippen molar-refractivity contribution in [3.63, 3.8) is 0 Å². The molecule has 1 aliphatic rings. The van der Waals surface area contributed by atoms with E-state index in [2.05, 4.69) is 0 Å². The third kappa shape index (κ3) is 2.86. The highest BCUT2D eigenvalue weighted by Gasteiger charge is 2.34. The van der Waals surface area contributed by atoms with Crippen LogP contribution in [0.1, 0.15) is 10.4 Å². The third-order valence-corrected chi connectivity index (χ3v) is 3.89. The molecular weight excluding hydrogens is 318 g/mol. The lowest BCUT2D eigenvalue weighted by atomic mass is 10.1. The molecule has 0 aromatic heterocycles. The minimum absolute atomic E-state index is 0.0457. The maximum absolute atomic E-state index is 12.9. The van der Waals surface area contributed by atoms with E-state index in [-0.39, 0.29) is 12.5 Å². The van der Waals surface area contributed by atoms with Crippen molar-refractivity contribution in [2.45, 2.75) is 6.10 Å². The predicted octanol–water partition coefficient (Wildman–Crippen LogP) is 1.74. The SMILES string of the molecule is NNC(=O)C1CN(C(=O)c2ccccc2Cl)c2ccccc2O1. The Hall–Kier alpha value is -2.57. The van der Waals surface area contributed by atoms with Crippen molar-refractivity contribution >= 4 is 29.1 Å². The molecule has 1 atom stereocenters. The number of rotatable bonds is 2.